The van der Waals surface area contributed by atoms with E-state index in [9.17, 15) is 4.39 Å². The predicted octanol–water partition coefficient (Wildman–Crippen LogP) is 3.18. The van der Waals surface area contributed by atoms with Crippen molar-refractivity contribution < 1.29 is 4.39 Å². The van der Waals surface area contributed by atoms with E-state index in [1.165, 1.54) is 6.07 Å². The molecule has 2 nitrogen and oxygen atoms in total. The van der Waals surface area contributed by atoms with Crippen LogP contribution in [0.1, 0.15) is 18.9 Å². The first kappa shape index (κ1) is 15.9. The van der Waals surface area contributed by atoms with Gasteiger partial charge in [0.1, 0.15) is 5.82 Å². The van der Waals surface area contributed by atoms with Crippen molar-refractivity contribution in [3.63, 3.8) is 0 Å². The zero-order chi connectivity index (χ0) is 12.4. The zero-order valence-electron chi connectivity index (χ0n) is 10.4. The van der Waals surface area contributed by atoms with E-state index in [2.05, 4.69) is 27.8 Å². The monoisotopic (exact) mass is 336 g/mol. The van der Waals surface area contributed by atoms with Crippen LogP contribution in [0.25, 0.3) is 0 Å². The van der Waals surface area contributed by atoms with Gasteiger partial charge in [-0.3, -0.25) is 4.90 Å². The Bertz CT molecular complexity index is 403. The van der Waals surface area contributed by atoms with Crippen LogP contribution in [0.4, 0.5) is 4.39 Å². The Labute approximate surface area is 122 Å². The predicted molar refractivity (Wildman–Crippen MR) is 78.4 cm³/mol. The van der Waals surface area contributed by atoms with Gasteiger partial charge in [-0.15, -0.1) is 12.4 Å². The molecule has 1 saturated heterocycles. The number of nitrogens with zero attached hydrogens (tertiary/aromatic N) is 1. The summed E-state index contributed by atoms with van der Waals surface area (Å²) >= 11 is 3.22. The zero-order valence-corrected chi connectivity index (χ0v) is 12.8. The quantitative estimate of drug-likeness (QED) is 0.898. The van der Waals surface area contributed by atoms with Gasteiger partial charge in [0.2, 0.25) is 0 Å². The van der Waals surface area contributed by atoms with Crippen molar-refractivity contribution in [2.45, 2.75) is 25.9 Å². The summed E-state index contributed by atoms with van der Waals surface area (Å²) in [6, 6.07) is 5.54. The molecule has 2 unspecified atom stereocenters. The van der Waals surface area contributed by atoms with Crippen molar-refractivity contribution in [1.29, 1.82) is 0 Å². The molecular formula is C13H19BrClFN2. The van der Waals surface area contributed by atoms with Gasteiger partial charge < -0.3 is 5.73 Å². The van der Waals surface area contributed by atoms with Gasteiger partial charge in [0.25, 0.3) is 0 Å². The van der Waals surface area contributed by atoms with Gasteiger partial charge in [0.05, 0.1) is 4.47 Å². The number of nitrogens with two attached hydrogens (primary N) is 1. The molecule has 1 fully saturated rings. The molecule has 18 heavy (non-hydrogen) atoms. The Balaban J connectivity index is 0.00000162. The van der Waals surface area contributed by atoms with Gasteiger partial charge in [-0.2, -0.15) is 0 Å². The summed E-state index contributed by atoms with van der Waals surface area (Å²) in [6.45, 7) is 5.12. The molecule has 2 rings (SSSR count). The molecule has 102 valence electrons. The van der Waals surface area contributed by atoms with E-state index in [-0.39, 0.29) is 18.2 Å². The lowest BCUT2D eigenvalue weighted by molar-refractivity contribution is 0.158. The Kier molecular flexibility index (Phi) is 6.05. The average molecular weight is 338 g/mol. The SMILES string of the molecule is CC1CN(Cc2ccc(F)c(Br)c2)CCC1N.Cl. The molecule has 0 radical (unpaired) electrons. The molecule has 1 aliphatic heterocycles. The second-order valence-electron chi connectivity index (χ2n) is 4.91. The Morgan fingerprint density at radius 3 is 2.83 bits per heavy atom. The number of likely N-dealkylation sites (tertiary alicyclic amines) is 1. The molecule has 1 aromatic carbocycles. The topological polar surface area (TPSA) is 29.3 Å². The largest absolute Gasteiger partial charge is 0.327 e. The summed E-state index contributed by atoms with van der Waals surface area (Å²) in [7, 11) is 0. The third-order valence-electron chi connectivity index (χ3n) is 3.45. The lowest BCUT2D eigenvalue weighted by atomic mass is 9.94. The Morgan fingerprint density at radius 1 is 1.50 bits per heavy atom. The van der Waals surface area contributed by atoms with Gasteiger partial charge in [-0.05, 0) is 52.5 Å². The van der Waals surface area contributed by atoms with Crippen molar-refractivity contribution in [2.75, 3.05) is 13.1 Å². The van der Waals surface area contributed by atoms with Crippen LogP contribution in [0.3, 0.4) is 0 Å². The normalized spacial score (nSPS) is 24.7. The number of piperidine rings is 1. The van der Waals surface area contributed by atoms with Crippen molar-refractivity contribution in [1.82, 2.24) is 4.90 Å². The van der Waals surface area contributed by atoms with E-state index in [0.29, 0.717) is 16.4 Å². The summed E-state index contributed by atoms with van der Waals surface area (Å²) in [4.78, 5) is 2.38. The molecule has 1 aromatic rings. The van der Waals surface area contributed by atoms with Crippen LogP contribution in [-0.4, -0.2) is 24.0 Å². The molecule has 0 bridgehead atoms. The molecule has 1 heterocycles. The first-order valence-corrected chi connectivity index (χ1v) is 6.77. The van der Waals surface area contributed by atoms with E-state index < -0.39 is 0 Å². The maximum atomic E-state index is 13.1. The minimum Gasteiger partial charge on any atom is -0.327 e. The van der Waals surface area contributed by atoms with Crippen molar-refractivity contribution in [3.05, 3.63) is 34.1 Å². The maximum absolute atomic E-state index is 13.1. The highest BCUT2D eigenvalue weighted by molar-refractivity contribution is 9.10. The van der Waals surface area contributed by atoms with Crippen LogP contribution in [0.5, 0.6) is 0 Å². The van der Waals surface area contributed by atoms with Gasteiger partial charge in [-0.25, -0.2) is 4.39 Å². The van der Waals surface area contributed by atoms with Crippen molar-refractivity contribution >= 4 is 28.3 Å². The Hall–Kier alpha value is -0.160. The van der Waals surface area contributed by atoms with Crippen LogP contribution in [-0.2, 0) is 6.54 Å². The summed E-state index contributed by atoms with van der Waals surface area (Å²) in [6.07, 6.45) is 1.05. The van der Waals surface area contributed by atoms with E-state index in [0.717, 1.165) is 31.6 Å². The van der Waals surface area contributed by atoms with Gasteiger partial charge in [0.15, 0.2) is 0 Å². The van der Waals surface area contributed by atoms with E-state index in [1.807, 2.05) is 12.1 Å². The minimum absolute atomic E-state index is 0. The van der Waals surface area contributed by atoms with Gasteiger partial charge in [0, 0.05) is 19.1 Å². The molecule has 0 saturated carbocycles. The maximum Gasteiger partial charge on any atom is 0.137 e. The summed E-state index contributed by atoms with van der Waals surface area (Å²) < 4.78 is 13.7. The highest BCUT2D eigenvalue weighted by Crippen LogP contribution is 2.21. The van der Waals surface area contributed by atoms with Crippen LogP contribution >= 0.6 is 28.3 Å². The smallest absolute Gasteiger partial charge is 0.137 e. The number of hydrogen-bond acceptors (Lipinski definition) is 2. The molecule has 0 aliphatic carbocycles. The number of rotatable bonds is 2. The molecule has 0 aromatic heterocycles. The lowest BCUT2D eigenvalue weighted by Crippen LogP contribution is -2.45. The lowest BCUT2D eigenvalue weighted by Gasteiger charge is -2.35. The number of hydrogen-bond donors (Lipinski definition) is 1. The molecule has 1 aliphatic rings. The van der Waals surface area contributed by atoms with Gasteiger partial charge >= 0.3 is 0 Å². The fourth-order valence-electron chi connectivity index (χ4n) is 2.29. The van der Waals surface area contributed by atoms with Gasteiger partial charge in [-0.1, -0.05) is 13.0 Å². The third-order valence-corrected chi connectivity index (χ3v) is 4.05. The van der Waals surface area contributed by atoms with Crippen LogP contribution < -0.4 is 5.73 Å². The second kappa shape index (κ2) is 6.85. The van der Waals surface area contributed by atoms with E-state index in [1.54, 1.807) is 0 Å². The average Bonchev–Trinajstić information content (AvgIpc) is 2.29. The second-order valence-corrected chi connectivity index (χ2v) is 5.77. The van der Waals surface area contributed by atoms with Crippen LogP contribution in [0, 0.1) is 11.7 Å². The molecule has 0 amide bonds. The third kappa shape index (κ3) is 3.92. The van der Waals surface area contributed by atoms with Crippen molar-refractivity contribution in [3.8, 4) is 0 Å². The molecule has 0 spiro atoms. The highest BCUT2D eigenvalue weighted by Gasteiger charge is 2.22. The van der Waals surface area contributed by atoms with E-state index in [4.69, 9.17) is 5.73 Å². The van der Waals surface area contributed by atoms with Crippen LogP contribution in [0.15, 0.2) is 22.7 Å². The minimum atomic E-state index is -0.206. The fraction of sp³-hybridized carbons (Fsp3) is 0.538. The summed E-state index contributed by atoms with van der Waals surface area (Å²) in [5, 5.41) is 0. The fourth-order valence-corrected chi connectivity index (χ4v) is 2.72. The van der Waals surface area contributed by atoms with E-state index >= 15 is 0 Å². The number of halogens is 3. The molecule has 2 N–H and O–H groups in total. The number of benzene rings is 1. The molecular weight excluding hydrogens is 319 g/mol. The highest BCUT2D eigenvalue weighted by atomic mass is 79.9. The summed E-state index contributed by atoms with van der Waals surface area (Å²) in [5.41, 5.74) is 7.13. The summed E-state index contributed by atoms with van der Waals surface area (Å²) in [5.74, 6) is 0.329. The van der Waals surface area contributed by atoms with Crippen molar-refractivity contribution in [2.24, 2.45) is 11.7 Å². The molecule has 5 heteroatoms. The standard InChI is InChI=1S/C13H18BrFN2.ClH/c1-9-7-17(5-4-13(9)16)8-10-2-3-12(15)11(14)6-10;/h2-3,6,9,13H,4-5,7-8,16H2,1H3;1H. The molecule has 2 atom stereocenters. The first-order valence-electron chi connectivity index (χ1n) is 5.98. The Morgan fingerprint density at radius 2 is 2.22 bits per heavy atom. The van der Waals surface area contributed by atoms with Crippen LogP contribution in [0.2, 0.25) is 0 Å². The first-order chi connectivity index (χ1) is 8.06.